The molecule has 0 fully saturated rings. The second-order valence-electron chi connectivity index (χ2n) is 6.76. The molecule has 27 heavy (non-hydrogen) atoms. The molecule has 140 valence electrons. The summed E-state index contributed by atoms with van der Waals surface area (Å²) in [5.41, 5.74) is 2.01. The molecule has 2 aromatic heterocycles. The van der Waals surface area contributed by atoms with Gasteiger partial charge < -0.3 is 18.9 Å². The molecule has 1 aliphatic rings. The summed E-state index contributed by atoms with van der Waals surface area (Å²) >= 11 is 0. The first-order valence-electron chi connectivity index (χ1n) is 9.05. The summed E-state index contributed by atoms with van der Waals surface area (Å²) in [6.45, 7) is 3.51. The van der Waals surface area contributed by atoms with Gasteiger partial charge in [0.05, 0.1) is 24.8 Å². The Balaban J connectivity index is 1.65. The van der Waals surface area contributed by atoms with Crippen molar-refractivity contribution in [1.29, 1.82) is 0 Å². The van der Waals surface area contributed by atoms with E-state index in [1.807, 2.05) is 43.7 Å². The summed E-state index contributed by atoms with van der Waals surface area (Å²) in [5.74, 6) is 3.12. The standard InChI is InChI=1S/C20H23N5O2/c1-14(15-5-6-17-18(11-15)27-10-4-9-26-17)25-8-7-21-19(25)16-12-22-20(23-13-16)24(2)3/h5-8,11-14H,4,9-10H2,1-3H3/t14-/m1/s1. The lowest BCUT2D eigenvalue weighted by molar-refractivity contribution is 0.297. The Labute approximate surface area is 158 Å². The molecule has 0 saturated heterocycles. The Bertz CT molecular complexity index is 920. The molecule has 0 unspecified atom stereocenters. The first-order valence-corrected chi connectivity index (χ1v) is 9.05. The number of anilines is 1. The van der Waals surface area contributed by atoms with Crippen LogP contribution in [0.25, 0.3) is 11.4 Å². The molecule has 3 aromatic rings. The number of hydrogen-bond acceptors (Lipinski definition) is 6. The Kier molecular flexibility index (Phi) is 4.66. The first kappa shape index (κ1) is 17.3. The van der Waals surface area contributed by atoms with Crippen LogP contribution in [0, 0.1) is 0 Å². The number of imidazole rings is 1. The molecule has 3 heterocycles. The van der Waals surface area contributed by atoms with Gasteiger partial charge in [-0.1, -0.05) is 6.07 Å². The molecular formula is C20H23N5O2. The molecule has 0 N–H and O–H groups in total. The average Bonchev–Trinajstić information content (AvgIpc) is 3.06. The first-order chi connectivity index (χ1) is 13.1. The maximum Gasteiger partial charge on any atom is 0.224 e. The van der Waals surface area contributed by atoms with Crippen molar-refractivity contribution in [2.24, 2.45) is 0 Å². The fourth-order valence-corrected chi connectivity index (χ4v) is 3.12. The Morgan fingerprint density at radius 2 is 1.78 bits per heavy atom. The number of rotatable bonds is 4. The van der Waals surface area contributed by atoms with Gasteiger partial charge in [-0.15, -0.1) is 0 Å². The highest BCUT2D eigenvalue weighted by Crippen LogP contribution is 2.34. The molecule has 1 atom stereocenters. The van der Waals surface area contributed by atoms with Gasteiger partial charge in [-0.05, 0) is 24.6 Å². The highest BCUT2D eigenvalue weighted by atomic mass is 16.5. The van der Waals surface area contributed by atoms with Crippen LogP contribution in [-0.2, 0) is 0 Å². The second-order valence-corrected chi connectivity index (χ2v) is 6.76. The fourth-order valence-electron chi connectivity index (χ4n) is 3.12. The third kappa shape index (κ3) is 3.45. The van der Waals surface area contributed by atoms with Crippen LogP contribution in [0.15, 0.2) is 43.0 Å². The summed E-state index contributed by atoms with van der Waals surface area (Å²) in [6.07, 6.45) is 8.29. The quantitative estimate of drug-likeness (QED) is 0.707. The van der Waals surface area contributed by atoms with Gasteiger partial charge in [0.15, 0.2) is 11.5 Å². The van der Waals surface area contributed by atoms with Crippen LogP contribution >= 0.6 is 0 Å². The number of benzene rings is 1. The highest BCUT2D eigenvalue weighted by Gasteiger charge is 2.18. The van der Waals surface area contributed by atoms with Crippen LogP contribution in [0.3, 0.4) is 0 Å². The van der Waals surface area contributed by atoms with E-state index < -0.39 is 0 Å². The van der Waals surface area contributed by atoms with Gasteiger partial charge in [-0.25, -0.2) is 15.0 Å². The van der Waals surface area contributed by atoms with Crippen molar-refractivity contribution in [3.8, 4) is 22.9 Å². The SMILES string of the molecule is C[C@H](c1ccc2c(c1)OCCCO2)n1ccnc1-c1cnc(N(C)C)nc1. The van der Waals surface area contributed by atoms with Crippen LogP contribution in [0.2, 0.25) is 0 Å². The predicted octanol–water partition coefficient (Wildman–Crippen LogP) is 3.18. The fraction of sp³-hybridized carbons (Fsp3) is 0.350. The molecule has 7 heteroatoms. The molecule has 1 aliphatic heterocycles. The zero-order valence-electron chi connectivity index (χ0n) is 15.8. The van der Waals surface area contributed by atoms with Crippen LogP contribution in [0.4, 0.5) is 5.95 Å². The summed E-state index contributed by atoms with van der Waals surface area (Å²) in [5, 5.41) is 0. The van der Waals surface area contributed by atoms with Gasteiger partial charge in [0.2, 0.25) is 5.95 Å². The minimum absolute atomic E-state index is 0.0770. The predicted molar refractivity (Wildman–Crippen MR) is 103 cm³/mol. The summed E-state index contributed by atoms with van der Waals surface area (Å²) < 4.78 is 13.7. The Morgan fingerprint density at radius 3 is 2.52 bits per heavy atom. The topological polar surface area (TPSA) is 65.3 Å². The van der Waals surface area contributed by atoms with E-state index in [-0.39, 0.29) is 6.04 Å². The third-order valence-corrected chi connectivity index (χ3v) is 4.64. The average molecular weight is 365 g/mol. The maximum atomic E-state index is 5.83. The molecule has 0 amide bonds. The van der Waals surface area contributed by atoms with Crippen LogP contribution < -0.4 is 14.4 Å². The zero-order chi connectivity index (χ0) is 18.8. The minimum Gasteiger partial charge on any atom is -0.490 e. The maximum absolute atomic E-state index is 5.83. The van der Waals surface area contributed by atoms with Crippen molar-refractivity contribution in [3.63, 3.8) is 0 Å². The zero-order valence-corrected chi connectivity index (χ0v) is 15.8. The van der Waals surface area contributed by atoms with E-state index in [1.54, 1.807) is 6.20 Å². The molecule has 0 aliphatic carbocycles. The molecule has 0 radical (unpaired) electrons. The van der Waals surface area contributed by atoms with Gasteiger partial charge >= 0.3 is 0 Å². The van der Waals surface area contributed by atoms with E-state index in [1.165, 1.54) is 0 Å². The Hall–Kier alpha value is -3.09. The number of fused-ring (bicyclic) bond motifs is 1. The number of nitrogens with zero attached hydrogens (tertiary/aromatic N) is 5. The van der Waals surface area contributed by atoms with Crippen LogP contribution in [0.5, 0.6) is 11.5 Å². The van der Waals surface area contributed by atoms with Crippen molar-refractivity contribution in [1.82, 2.24) is 19.5 Å². The molecule has 0 spiro atoms. The summed E-state index contributed by atoms with van der Waals surface area (Å²) in [4.78, 5) is 15.2. The van der Waals surface area contributed by atoms with Crippen molar-refractivity contribution >= 4 is 5.95 Å². The van der Waals surface area contributed by atoms with Crippen molar-refractivity contribution < 1.29 is 9.47 Å². The monoisotopic (exact) mass is 365 g/mol. The third-order valence-electron chi connectivity index (χ3n) is 4.64. The second kappa shape index (κ2) is 7.26. The van der Waals surface area contributed by atoms with Gasteiger partial charge in [0.1, 0.15) is 5.82 Å². The van der Waals surface area contributed by atoms with Gasteiger partial charge in [0.25, 0.3) is 0 Å². The lowest BCUT2D eigenvalue weighted by Crippen LogP contribution is -2.13. The molecular weight excluding hydrogens is 342 g/mol. The minimum atomic E-state index is 0.0770. The number of aromatic nitrogens is 4. The molecule has 1 aromatic carbocycles. The van der Waals surface area contributed by atoms with E-state index in [0.29, 0.717) is 19.2 Å². The molecule has 0 bridgehead atoms. The van der Waals surface area contributed by atoms with E-state index in [9.17, 15) is 0 Å². The van der Waals surface area contributed by atoms with E-state index in [0.717, 1.165) is 34.9 Å². The largest absolute Gasteiger partial charge is 0.490 e. The van der Waals surface area contributed by atoms with E-state index in [4.69, 9.17) is 9.47 Å². The molecule has 7 nitrogen and oxygen atoms in total. The van der Waals surface area contributed by atoms with E-state index >= 15 is 0 Å². The highest BCUT2D eigenvalue weighted by molar-refractivity contribution is 5.55. The summed E-state index contributed by atoms with van der Waals surface area (Å²) in [6, 6.07) is 6.19. The molecule has 0 saturated carbocycles. The molecule has 4 rings (SSSR count). The number of hydrogen-bond donors (Lipinski definition) is 0. The number of ether oxygens (including phenoxy) is 2. The van der Waals surface area contributed by atoms with Crippen molar-refractivity contribution in [2.45, 2.75) is 19.4 Å². The lowest BCUT2D eigenvalue weighted by Gasteiger charge is -2.18. The lowest BCUT2D eigenvalue weighted by atomic mass is 10.1. The van der Waals surface area contributed by atoms with Crippen LogP contribution in [-0.4, -0.2) is 46.8 Å². The van der Waals surface area contributed by atoms with Crippen molar-refractivity contribution in [2.75, 3.05) is 32.2 Å². The normalized spacial score (nSPS) is 14.5. The summed E-state index contributed by atoms with van der Waals surface area (Å²) in [7, 11) is 3.84. The van der Waals surface area contributed by atoms with Gasteiger partial charge in [-0.3, -0.25) is 0 Å². The Morgan fingerprint density at radius 1 is 1.04 bits per heavy atom. The van der Waals surface area contributed by atoms with Gasteiger partial charge in [-0.2, -0.15) is 0 Å². The van der Waals surface area contributed by atoms with Crippen LogP contribution in [0.1, 0.15) is 24.9 Å². The van der Waals surface area contributed by atoms with E-state index in [2.05, 4.69) is 38.6 Å². The van der Waals surface area contributed by atoms with Crippen molar-refractivity contribution in [3.05, 3.63) is 48.5 Å². The van der Waals surface area contributed by atoms with Gasteiger partial charge in [0, 0.05) is 45.3 Å². The smallest absolute Gasteiger partial charge is 0.224 e.